The third-order valence-corrected chi connectivity index (χ3v) is 7.33. The van der Waals surface area contributed by atoms with Crippen LogP contribution < -0.4 is 15.4 Å². The second-order valence-electron chi connectivity index (χ2n) is 9.14. The molecule has 3 aromatic rings. The van der Waals surface area contributed by atoms with Gasteiger partial charge in [-0.3, -0.25) is 9.52 Å². The molecule has 2 atom stereocenters. The van der Waals surface area contributed by atoms with Gasteiger partial charge < -0.3 is 15.5 Å². The molecule has 0 aliphatic carbocycles. The number of aromatic nitrogens is 3. The minimum Gasteiger partial charge on any atom is -0.355 e. The van der Waals surface area contributed by atoms with Crippen LogP contribution in [-0.4, -0.2) is 66.3 Å². The minimum atomic E-state index is -3.69. The summed E-state index contributed by atoms with van der Waals surface area (Å²) in [7, 11) is -2.06. The number of fused-ring (bicyclic) bond motifs is 1. The molecule has 1 aromatic carbocycles. The van der Waals surface area contributed by atoms with Gasteiger partial charge in [0.1, 0.15) is 5.82 Å². The normalized spacial score (nSPS) is 17.0. The fourth-order valence-corrected chi connectivity index (χ4v) is 5.71. The zero-order chi connectivity index (χ0) is 26.4. The van der Waals surface area contributed by atoms with Gasteiger partial charge in [-0.2, -0.15) is 5.10 Å². The van der Waals surface area contributed by atoms with E-state index in [-0.39, 0.29) is 27.3 Å². The van der Waals surface area contributed by atoms with Crippen molar-refractivity contribution >= 4 is 56.3 Å². The van der Waals surface area contributed by atoms with Gasteiger partial charge in [0.05, 0.1) is 34.3 Å². The second kappa shape index (κ2) is 10.0. The molecule has 1 saturated heterocycles. The summed E-state index contributed by atoms with van der Waals surface area (Å²) in [5, 5.41) is 4.94. The Morgan fingerprint density at radius 3 is 2.67 bits per heavy atom. The van der Waals surface area contributed by atoms with E-state index in [0.29, 0.717) is 17.8 Å². The first-order valence-corrected chi connectivity index (χ1v) is 14.1. The topological polar surface area (TPSA) is 126 Å². The lowest BCUT2D eigenvalue weighted by Gasteiger charge is -2.27. The van der Waals surface area contributed by atoms with E-state index in [1.807, 2.05) is 26.1 Å². The molecular weight excluding hydrogens is 525 g/mol. The van der Waals surface area contributed by atoms with Crippen LogP contribution in [0.1, 0.15) is 47.4 Å². The lowest BCUT2D eigenvalue weighted by Crippen LogP contribution is -2.32. The van der Waals surface area contributed by atoms with Crippen molar-refractivity contribution in [2.75, 3.05) is 36.0 Å². The number of nitrogens with one attached hydrogen (secondary N) is 1. The summed E-state index contributed by atoms with van der Waals surface area (Å²) in [6.45, 7) is 5.53. The summed E-state index contributed by atoms with van der Waals surface area (Å²) < 4.78 is 27.8. The van der Waals surface area contributed by atoms with Crippen molar-refractivity contribution in [3.05, 3.63) is 51.3 Å². The van der Waals surface area contributed by atoms with Crippen molar-refractivity contribution in [1.29, 1.82) is 0 Å². The Bertz CT molecular complexity index is 1430. The highest BCUT2D eigenvalue weighted by atomic mass is 35.5. The van der Waals surface area contributed by atoms with Gasteiger partial charge in [0.25, 0.3) is 5.91 Å². The third kappa shape index (κ3) is 5.39. The van der Waals surface area contributed by atoms with Crippen LogP contribution in [0.25, 0.3) is 5.65 Å². The van der Waals surface area contributed by atoms with Crippen LogP contribution in [0.2, 0.25) is 10.0 Å². The monoisotopic (exact) mass is 553 g/mol. The Kier molecular flexibility index (Phi) is 7.38. The van der Waals surface area contributed by atoms with Gasteiger partial charge in [0, 0.05) is 49.0 Å². The van der Waals surface area contributed by atoms with Gasteiger partial charge in [0.15, 0.2) is 5.65 Å². The number of hydrogen-bond acceptors (Lipinski definition) is 7. The first-order chi connectivity index (χ1) is 16.9. The fraction of sp³-hybridized carbons (Fsp3) is 0.435. The van der Waals surface area contributed by atoms with Crippen LogP contribution in [0, 0.1) is 6.92 Å². The first-order valence-electron chi connectivity index (χ1n) is 11.5. The van der Waals surface area contributed by atoms with Crippen molar-refractivity contribution in [3.8, 4) is 0 Å². The Hall–Kier alpha value is -2.60. The summed E-state index contributed by atoms with van der Waals surface area (Å²) in [6.07, 6.45) is 4.39. The first kappa shape index (κ1) is 26.5. The molecule has 13 heteroatoms. The molecule has 10 nitrogen and oxygen atoms in total. The van der Waals surface area contributed by atoms with Gasteiger partial charge in [0.2, 0.25) is 10.0 Å². The molecule has 2 aromatic heterocycles. The van der Waals surface area contributed by atoms with E-state index in [4.69, 9.17) is 39.0 Å². The van der Waals surface area contributed by atoms with Crippen LogP contribution in [0.4, 0.5) is 11.5 Å². The minimum absolute atomic E-state index is 0.0176. The molecule has 3 N–H and O–H groups in total. The van der Waals surface area contributed by atoms with E-state index in [1.165, 1.54) is 17.0 Å². The number of anilines is 2. The zero-order valence-electron chi connectivity index (χ0n) is 20.5. The number of nitrogens with zero attached hydrogens (tertiary/aromatic N) is 5. The summed E-state index contributed by atoms with van der Waals surface area (Å²) in [6, 6.07) is 4.36. The van der Waals surface area contributed by atoms with Crippen LogP contribution in [0.3, 0.4) is 0 Å². The number of sulfonamides is 1. The maximum atomic E-state index is 13.6. The van der Waals surface area contributed by atoms with E-state index >= 15 is 0 Å². The van der Waals surface area contributed by atoms with E-state index in [2.05, 4.69) is 9.62 Å². The Morgan fingerprint density at radius 1 is 1.33 bits per heavy atom. The lowest BCUT2D eigenvalue weighted by atomic mass is 10.1. The average Bonchev–Trinajstić information content (AvgIpc) is 3.39. The Morgan fingerprint density at radius 2 is 2.06 bits per heavy atom. The second-order valence-corrected chi connectivity index (χ2v) is 11.7. The maximum Gasteiger partial charge on any atom is 0.256 e. The molecule has 3 heterocycles. The molecule has 1 fully saturated rings. The molecular formula is C23H29Cl2N7O3S. The van der Waals surface area contributed by atoms with Gasteiger partial charge in [-0.25, -0.2) is 17.9 Å². The van der Waals surface area contributed by atoms with Crippen molar-refractivity contribution in [2.24, 2.45) is 5.73 Å². The summed E-state index contributed by atoms with van der Waals surface area (Å²) in [5.74, 6) is 0.426. The van der Waals surface area contributed by atoms with Crippen molar-refractivity contribution in [1.82, 2.24) is 19.5 Å². The van der Waals surface area contributed by atoms with Crippen LogP contribution in [-0.2, 0) is 10.0 Å². The van der Waals surface area contributed by atoms with Crippen LogP contribution in [0.15, 0.2) is 24.4 Å². The van der Waals surface area contributed by atoms with E-state index in [1.54, 1.807) is 11.6 Å². The molecule has 1 aliphatic heterocycles. The average molecular weight is 555 g/mol. The standard InChI is InChI=1S/C23H29Cl2N7O3S/c1-5-19(30(3)23(33)16-8-14(24)9-17(25)21(16)29-36(4,34)35)18-10-20-27-22(13(2)11-32(20)28-18)31-7-6-15(26)12-31/h8-11,15,19,29H,5-7,12,26H2,1-4H3/t15-,19-/m0/s1. The van der Waals surface area contributed by atoms with Gasteiger partial charge >= 0.3 is 0 Å². The predicted octanol–water partition coefficient (Wildman–Crippen LogP) is 3.48. The number of amides is 1. The van der Waals surface area contributed by atoms with Crippen LogP contribution in [0.5, 0.6) is 0 Å². The van der Waals surface area contributed by atoms with Crippen molar-refractivity contribution in [2.45, 2.75) is 38.8 Å². The van der Waals surface area contributed by atoms with Gasteiger partial charge in [-0.15, -0.1) is 0 Å². The highest BCUT2D eigenvalue weighted by Crippen LogP contribution is 2.34. The van der Waals surface area contributed by atoms with Crippen molar-refractivity contribution < 1.29 is 13.2 Å². The molecule has 0 spiro atoms. The number of hydrogen-bond donors (Lipinski definition) is 2. The predicted molar refractivity (Wildman–Crippen MR) is 143 cm³/mol. The molecule has 194 valence electrons. The third-order valence-electron chi connectivity index (χ3n) is 6.24. The summed E-state index contributed by atoms with van der Waals surface area (Å²) >= 11 is 12.4. The van der Waals surface area contributed by atoms with Crippen molar-refractivity contribution in [3.63, 3.8) is 0 Å². The molecule has 36 heavy (non-hydrogen) atoms. The zero-order valence-corrected chi connectivity index (χ0v) is 22.8. The number of benzene rings is 1. The molecule has 0 unspecified atom stereocenters. The SMILES string of the molecule is CC[C@@H](c1cc2nc(N3CC[C@H](N)C3)c(C)cn2n1)N(C)C(=O)c1cc(Cl)cc(Cl)c1NS(C)(=O)=O. The number of carbonyl (C=O) groups is 1. The molecule has 0 radical (unpaired) electrons. The largest absolute Gasteiger partial charge is 0.355 e. The van der Waals surface area contributed by atoms with Gasteiger partial charge in [-0.05, 0) is 31.9 Å². The lowest BCUT2D eigenvalue weighted by molar-refractivity contribution is 0.0723. The Labute approximate surface area is 220 Å². The fourth-order valence-electron chi connectivity index (χ4n) is 4.53. The highest BCUT2D eigenvalue weighted by molar-refractivity contribution is 7.92. The molecule has 0 saturated carbocycles. The van der Waals surface area contributed by atoms with E-state index < -0.39 is 22.0 Å². The molecule has 4 rings (SSSR count). The van der Waals surface area contributed by atoms with Crippen LogP contribution >= 0.6 is 23.2 Å². The smallest absolute Gasteiger partial charge is 0.256 e. The number of rotatable bonds is 7. The molecule has 0 bridgehead atoms. The number of carbonyl (C=O) groups excluding carboxylic acids is 1. The Balaban J connectivity index is 1.69. The summed E-state index contributed by atoms with van der Waals surface area (Å²) in [5.41, 5.74) is 8.41. The highest BCUT2D eigenvalue weighted by Gasteiger charge is 2.28. The number of halogens is 2. The van der Waals surface area contributed by atoms with Gasteiger partial charge in [-0.1, -0.05) is 30.1 Å². The molecule has 1 aliphatic rings. The molecule has 1 amide bonds. The van der Waals surface area contributed by atoms with E-state index in [9.17, 15) is 13.2 Å². The number of nitrogens with two attached hydrogens (primary N) is 1. The van der Waals surface area contributed by atoms with E-state index in [0.717, 1.165) is 37.1 Å². The maximum absolute atomic E-state index is 13.6. The quantitative estimate of drug-likeness (QED) is 0.458. The number of aryl methyl sites for hydroxylation is 1. The summed E-state index contributed by atoms with van der Waals surface area (Å²) in [4.78, 5) is 22.1.